The number of nitrogens with one attached hydrogen (secondary N) is 2. The number of aromatic nitrogens is 2. The van der Waals surface area contributed by atoms with Gasteiger partial charge in [0.1, 0.15) is 0 Å². The average molecular weight is 356 g/mol. The second-order valence-corrected chi connectivity index (χ2v) is 6.87. The number of hydrogen-bond acceptors (Lipinski definition) is 2. The molecule has 2 rings (SSSR count). The van der Waals surface area contributed by atoms with E-state index in [2.05, 4.69) is 73.8 Å². The van der Waals surface area contributed by atoms with Gasteiger partial charge < -0.3 is 10.6 Å². The first kappa shape index (κ1) is 20.0. The second kappa shape index (κ2) is 10.00. The molecule has 1 atom stereocenters. The lowest BCUT2D eigenvalue weighted by Gasteiger charge is -2.18. The molecule has 0 saturated heterocycles. The zero-order valence-corrected chi connectivity index (χ0v) is 16.8. The number of rotatable bonds is 8. The molecule has 0 aliphatic carbocycles. The highest BCUT2D eigenvalue weighted by Gasteiger charge is 2.13. The smallest absolute Gasteiger partial charge is 0.191 e. The first-order chi connectivity index (χ1) is 12.5. The van der Waals surface area contributed by atoms with Crippen molar-refractivity contribution in [3.63, 3.8) is 0 Å². The topological polar surface area (TPSA) is 54.2 Å². The van der Waals surface area contributed by atoms with E-state index in [1.807, 2.05) is 11.7 Å². The van der Waals surface area contributed by atoms with Crippen molar-refractivity contribution in [1.82, 2.24) is 20.4 Å². The molecule has 26 heavy (non-hydrogen) atoms. The summed E-state index contributed by atoms with van der Waals surface area (Å²) in [7, 11) is 2.00. The third kappa shape index (κ3) is 5.90. The molecule has 0 radical (unpaired) electrons. The molecule has 1 unspecified atom stereocenters. The van der Waals surface area contributed by atoms with Gasteiger partial charge in [0.2, 0.25) is 0 Å². The first-order valence-electron chi connectivity index (χ1n) is 9.59. The summed E-state index contributed by atoms with van der Waals surface area (Å²) >= 11 is 0. The molecule has 2 N–H and O–H groups in total. The Morgan fingerprint density at radius 2 is 1.96 bits per heavy atom. The molecule has 5 heteroatoms. The Kier molecular flexibility index (Phi) is 7.70. The van der Waals surface area contributed by atoms with Gasteiger partial charge in [0.25, 0.3) is 0 Å². The SMILES string of the molecule is CCNC(=NCCCc1ccccc1)NC(C)Cc1c(C)nn(C)c1C. The monoisotopic (exact) mass is 355 g/mol. The number of aryl methyl sites for hydroxylation is 3. The molecule has 0 amide bonds. The normalized spacial score (nSPS) is 12.9. The second-order valence-electron chi connectivity index (χ2n) is 6.87. The molecule has 1 aromatic carbocycles. The van der Waals surface area contributed by atoms with Gasteiger partial charge in [0, 0.05) is 31.9 Å². The van der Waals surface area contributed by atoms with Crippen LogP contribution in [0.25, 0.3) is 0 Å². The fourth-order valence-corrected chi connectivity index (χ4v) is 3.14. The molecule has 0 saturated carbocycles. The van der Waals surface area contributed by atoms with Crippen LogP contribution in [-0.2, 0) is 19.9 Å². The fourth-order valence-electron chi connectivity index (χ4n) is 3.14. The molecule has 0 spiro atoms. The molecule has 0 aliphatic heterocycles. The van der Waals surface area contributed by atoms with Crippen LogP contribution in [0.15, 0.2) is 35.3 Å². The minimum Gasteiger partial charge on any atom is -0.357 e. The number of benzene rings is 1. The number of hydrogen-bond donors (Lipinski definition) is 2. The van der Waals surface area contributed by atoms with Crippen LogP contribution >= 0.6 is 0 Å². The van der Waals surface area contributed by atoms with Crippen LogP contribution in [0.3, 0.4) is 0 Å². The van der Waals surface area contributed by atoms with Crippen LogP contribution in [0.2, 0.25) is 0 Å². The van der Waals surface area contributed by atoms with Crippen molar-refractivity contribution in [2.75, 3.05) is 13.1 Å². The van der Waals surface area contributed by atoms with Gasteiger partial charge >= 0.3 is 0 Å². The standard InChI is InChI=1S/C21H33N5/c1-6-22-21(23-14-10-13-19-11-8-7-9-12-19)24-16(2)15-20-17(3)25-26(5)18(20)4/h7-9,11-12,16H,6,10,13-15H2,1-5H3,(H2,22,23,24). The van der Waals surface area contributed by atoms with Crippen molar-refractivity contribution < 1.29 is 0 Å². The Bertz CT molecular complexity index is 703. The van der Waals surface area contributed by atoms with Gasteiger partial charge in [-0.05, 0) is 58.1 Å². The van der Waals surface area contributed by atoms with Crippen LogP contribution in [-0.4, -0.2) is 34.9 Å². The minimum atomic E-state index is 0.295. The number of guanidine groups is 1. The van der Waals surface area contributed by atoms with E-state index in [4.69, 9.17) is 4.99 Å². The molecule has 1 heterocycles. The summed E-state index contributed by atoms with van der Waals surface area (Å²) < 4.78 is 1.96. The summed E-state index contributed by atoms with van der Waals surface area (Å²) in [6.07, 6.45) is 3.06. The van der Waals surface area contributed by atoms with Gasteiger partial charge in [-0.25, -0.2) is 0 Å². The van der Waals surface area contributed by atoms with Crippen molar-refractivity contribution in [1.29, 1.82) is 0 Å². The molecule has 142 valence electrons. The predicted octanol–water partition coefficient (Wildman–Crippen LogP) is 3.16. The van der Waals surface area contributed by atoms with Gasteiger partial charge in [-0.3, -0.25) is 9.67 Å². The van der Waals surface area contributed by atoms with Crippen molar-refractivity contribution in [3.05, 3.63) is 52.8 Å². The molecule has 2 aromatic rings. The van der Waals surface area contributed by atoms with E-state index < -0.39 is 0 Å². The lowest BCUT2D eigenvalue weighted by molar-refractivity contribution is 0.634. The van der Waals surface area contributed by atoms with Gasteiger partial charge in [0.05, 0.1) is 5.69 Å². The van der Waals surface area contributed by atoms with Crippen molar-refractivity contribution in [2.24, 2.45) is 12.0 Å². The maximum Gasteiger partial charge on any atom is 0.191 e. The summed E-state index contributed by atoms with van der Waals surface area (Å²) in [5.41, 5.74) is 5.05. The predicted molar refractivity (Wildman–Crippen MR) is 110 cm³/mol. The highest BCUT2D eigenvalue weighted by Crippen LogP contribution is 2.14. The third-order valence-electron chi connectivity index (χ3n) is 4.63. The molecule has 0 fully saturated rings. The molecule has 5 nitrogen and oxygen atoms in total. The Morgan fingerprint density at radius 1 is 1.23 bits per heavy atom. The summed E-state index contributed by atoms with van der Waals surface area (Å²) in [4.78, 5) is 4.73. The van der Waals surface area contributed by atoms with E-state index in [1.54, 1.807) is 0 Å². The fraction of sp³-hybridized carbons (Fsp3) is 0.524. The van der Waals surface area contributed by atoms with Crippen LogP contribution < -0.4 is 10.6 Å². The Hall–Kier alpha value is -2.30. The van der Waals surface area contributed by atoms with Crippen LogP contribution in [0, 0.1) is 13.8 Å². The van der Waals surface area contributed by atoms with E-state index in [9.17, 15) is 0 Å². The van der Waals surface area contributed by atoms with Crippen molar-refractivity contribution in [2.45, 2.75) is 53.0 Å². The van der Waals surface area contributed by atoms with Crippen LogP contribution in [0.4, 0.5) is 0 Å². The van der Waals surface area contributed by atoms with Crippen LogP contribution in [0.5, 0.6) is 0 Å². The summed E-state index contributed by atoms with van der Waals surface area (Å²) in [6.45, 7) is 10.2. The van der Waals surface area contributed by atoms with Gasteiger partial charge in [-0.15, -0.1) is 0 Å². The van der Waals surface area contributed by atoms with E-state index in [-0.39, 0.29) is 0 Å². The summed E-state index contributed by atoms with van der Waals surface area (Å²) in [5, 5.41) is 11.4. The molecule has 1 aromatic heterocycles. The zero-order chi connectivity index (χ0) is 18.9. The Morgan fingerprint density at radius 3 is 2.58 bits per heavy atom. The zero-order valence-electron chi connectivity index (χ0n) is 16.8. The Labute approximate surface area is 157 Å². The number of aliphatic imine (C=N–C) groups is 1. The largest absolute Gasteiger partial charge is 0.357 e. The average Bonchev–Trinajstić information content (AvgIpc) is 2.86. The quantitative estimate of drug-likeness (QED) is 0.434. The van der Waals surface area contributed by atoms with E-state index in [0.717, 1.165) is 44.0 Å². The highest BCUT2D eigenvalue weighted by molar-refractivity contribution is 5.80. The molecule has 0 bridgehead atoms. The van der Waals surface area contributed by atoms with E-state index in [0.29, 0.717) is 6.04 Å². The van der Waals surface area contributed by atoms with E-state index >= 15 is 0 Å². The van der Waals surface area contributed by atoms with E-state index in [1.165, 1.54) is 16.8 Å². The number of nitrogens with zero attached hydrogens (tertiary/aromatic N) is 3. The molecular weight excluding hydrogens is 322 g/mol. The van der Waals surface area contributed by atoms with Crippen LogP contribution in [0.1, 0.15) is 42.8 Å². The lowest BCUT2D eigenvalue weighted by Crippen LogP contribution is -2.43. The van der Waals surface area contributed by atoms with Crippen molar-refractivity contribution in [3.8, 4) is 0 Å². The maximum atomic E-state index is 4.73. The van der Waals surface area contributed by atoms with Crippen molar-refractivity contribution >= 4 is 5.96 Å². The van der Waals surface area contributed by atoms with Gasteiger partial charge in [-0.2, -0.15) is 5.10 Å². The lowest BCUT2D eigenvalue weighted by atomic mass is 10.1. The Balaban J connectivity index is 1.87. The third-order valence-corrected chi connectivity index (χ3v) is 4.63. The summed E-state index contributed by atoms with van der Waals surface area (Å²) in [5.74, 6) is 0.896. The maximum absolute atomic E-state index is 4.73. The molecule has 0 aliphatic rings. The first-order valence-corrected chi connectivity index (χ1v) is 9.59. The minimum absolute atomic E-state index is 0.295. The van der Waals surface area contributed by atoms with Gasteiger partial charge in [-0.1, -0.05) is 30.3 Å². The van der Waals surface area contributed by atoms with Gasteiger partial charge in [0.15, 0.2) is 5.96 Å². The molecular formula is C21H33N5. The summed E-state index contributed by atoms with van der Waals surface area (Å²) in [6, 6.07) is 10.9. The highest BCUT2D eigenvalue weighted by atomic mass is 15.3.